The maximum atomic E-state index is 14.0. The summed E-state index contributed by atoms with van der Waals surface area (Å²) >= 11 is 0. The van der Waals surface area contributed by atoms with Crippen LogP contribution in [0.4, 0.5) is 0 Å². The van der Waals surface area contributed by atoms with E-state index in [1.54, 1.807) is 0 Å². The summed E-state index contributed by atoms with van der Waals surface area (Å²) in [6.45, 7) is 14.4. The molecule has 0 unspecified atom stereocenters. The van der Waals surface area contributed by atoms with Crippen LogP contribution in [0.15, 0.2) is 78.9 Å². The highest BCUT2D eigenvalue weighted by Crippen LogP contribution is 2.57. The number of rotatable bonds is 9. The van der Waals surface area contributed by atoms with E-state index in [0.717, 1.165) is 27.5 Å². The van der Waals surface area contributed by atoms with Gasteiger partial charge in [0.05, 0.1) is 23.8 Å². The lowest BCUT2D eigenvalue weighted by Gasteiger charge is -2.32. The van der Waals surface area contributed by atoms with Crippen molar-refractivity contribution < 1.29 is 32.8 Å². The Morgan fingerprint density at radius 2 is 1.54 bits per heavy atom. The number of hydrogen-bond donors (Lipinski definition) is 4. The van der Waals surface area contributed by atoms with Gasteiger partial charge < -0.3 is 30.7 Å². The molecule has 292 valence electrons. The van der Waals surface area contributed by atoms with Gasteiger partial charge in [0.25, 0.3) is 0 Å². The van der Waals surface area contributed by atoms with E-state index in [4.69, 9.17) is 14.8 Å². The van der Waals surface area contributed by atoms with Crippen molar-refractivity contribution in [3.05, 3.63) is 95.6 Å². The summed E-state index contributed by atoms with van der Waals surface area (Å²) in [4.78, 5) is 52.4. The highest BCUT2D eigenvalue weighted by atomic mass is 31.2. The van der Waals surface area contributed by atoms with Crippen LogP contribution in [0.25, 0.3) is 10.8 Å². The van der Waals surface area contributed by atoms with E-state index >= 15 is 0 Å². The fourth-order valence-electron chi connectivity index (χ4n) is 6.54. The number of fused-ring (bicyclic) bond motifs is 1. The Bertz CT molecular complexity index is 1870. The lowest BCUT2D eigenvalue weighted by Crippen LogP contribution is -2.59. The van der Waals surface area contributed by atoms with Crippen molar-refractivity contribution in [1.82, 2.24) is 16.0 Å². The molecule has 54 heavy (non-hydrogen) atoms. The molecule has 11 nitrogen and oxygen atoms in total. The second-order valence-electron chi connectivity index (χ2n) is 16.7. The number of nitrogens with two attached hydrogens (primary N) is 1. The first-order valence-electron chi connectivity index (χ1n) is 18.5. The third-order valence-corrected chi connectivity index (χ3v) is 11.3. The largest absolute Gasteiger partial charge is 0.370 e. The molecule has 0 spiro atoms. The third kappa shape index (κ3) is 12.9. The Morgan fingerprint density at radius 1 is 0.907 bits per heavy atom. The summed E-state index contributed by atoms with van der Waals surface area (Å²) in [6.07, 6.45) is 4.94. The zero-order valence-corrected chi connectivity index (χ0v) is 33.8. The van der Waals surface area contributed by atoms with E-state index in [0.29, 0.717) is 12.8 Å². The number of nitrogens with one attached hydrogen (secondary N) is 3. The van der Waals surface area contributed by atoms with E-state index in [-0.39, 0.29) is 36.9 Å². The number of benzene rings is 3. The second-order valence-corrected chi connectivity index (χ2v) is 18.6. The van der Waals surface area contributed by atoms with E-state index in [9.17, 15) is 23.7 Å². The molecule has 3 aromatic carbocycles. The zero-order chi connectivity index (χ0) is 39.9. The molecule has 5 N–H and O–H groups in total. The normalized spacial score (nSPS) is 21.3. The SMILES string of the molecule is CC(C)(C)OP(=O)(Cc1ccc([C@H]2/C=C/C[C@@H](Cc3cccc4ccccc34)CNC(=O)[C@H](CC(N)=O)NC(=O)C(C)(C)NC(=O)C2)cc1)OC(C)(C)C. The average molecular weight is 761 g/mol. The Kier molecular flexibility index (Phi) is 13.7. The van der Waals surface area contributed by atoms with Crippen molar-refractivity contribution in [2.24, 2.45) is 11.7 Å². The molecule has 0 fully saturated rings. The second kappa shape index (κ2) is 17.4. The molecule has 3 atom stereocenters. The van der Waals surface area contributed by atoms with Crippen LogP contribution in [0.2, 0.25) is 0 Å². The number of carbonyl (C=O) groups is 4. The van der Waals surface area contributed by atoms with Crippen LogP contribution in [-0.4, -0.2) is 53.0 Å². The summed E-state index contributed by atoms with van der Waals surface area (Å²) < 4.78 is 26.0. The summed E-state index contributed by atoms with van der Waals surface area (Å²) in [5.74, 6) is -2.73. The number of amides is 4. The Hall–Kier alpha value is -4.31. The first-order chi connectivity index (χ1) is 25.1. The molecule has 12 heteroatoms. The van der Waals surface area contributed by atoms with Crippen LogP contribution in [0, 0.1) is 5.92 Å². The van der Waals surface area contributed by atoms with Crippen LogP contribution in [0.5, 0.6) is 0 Å². The lowest BCUT2D eigenvalue weighted by atomic mass is 9.90. The van der Waals surface area contributed by atoms with Crippen LogP contribution >= 0.6 is 7.60 Å². The zero-order valence-electron chi connectivity index (χ0n) is 32.9. The molecule has 1 aliphatic rings. The molecule has 0 aromatic heterocycles. The molecule has 0 aliphatic carbocycles. The van der Waals surface area contributed by atoms with Crippen LogP contribution in [0.1, 0.15) is 97.3 Å². The topological polar surface area (TPSA) is 166 Å². The van der Waals surface area contributed by atoms with Crippen molar-refractivity contribution in [1.29, 1.82) is 0 Å². The van der Waals surface area contributed by atoms with E-state index in [1.807, 2.05) is 96.2 Å². The van der Waals surface area contributed by atoms with E-state index in [2.05, 4.69) is 40.2 Å². The van der Waals surface area contributed by atoms with Gasteiger partial charge in [0.2, 0.25) is 23.6 Å². The first kappa shape index (κ1) is 42.4. The highest BCUT2D eigenvalue weighted by Gasteiger charge is 2.36. The van der Waals surface area contributed by atoms with Gasteiger partial charge in [0, 0.05) is 18.9 Å². The molecule has 0 radical (unpaired) electrons. The first-order valence-corrected chi connectivity index (χ1v) is 20.2. The van der Waals surface area contributed by atoms with Crippen molar-refractivity contribution in [3.63, 3.8) is 0 Å². The summed E-state index contributed by atoms with van der Waals surface area (Å²) in [6, 6.07) is 20.6. The van der Waals surface area contributed by atoms with Crippen LogP contribution in [-0.2, 0) is 45.4 Å². The minimum Gasteiger partial charge on any atom is -0.370 e. The molecule has 0 bridgehead atoms. The molecule has 1 aliphatic heterocycles. The van der Waals surface area contributed by atoms with E-state index in [1.165, 1.54) is 13.8 Å². The number of carbonyl (C=O) groups excluding carboxylic acids is 4. The van der Waals surface area contributed by atoms with Gasteiger partial charge in [-0.05, 0) is 102 Å². The van der Waals surface area contributed by atoms with Crippen molar-refractivity contribution in [2.45, 2.75) is 116 Å². The predicted molar refractivity (Wildman–Crippen MR) is 213 cm³/mol. The lowest BCUT2D eigenvalue weighted by molar-refractivity contribution is -0.136. The summed E-state index contributed by atoms with van der Waals surface area (Å²) in [7, 11) is -3.55. The summed E-state index contributed by atoms with van der Waals surface area (Å²) in [5, 5.41) is 10.6. The standard InChI is InChI=1S/C42H57N4O7P/c1-40(2,3)52-54(51,53-41(4,5)6)27-28-19-21-30(22-20-28)32-16-11-13-29(23-33-17-12-15-31-14-9-10-18-34(31)33)26-44-38(49)35(25-36(43)47)45-39(50)42(7,8)46-37(48)24-32/h9-12,14-22,29,32,35H,13,23-27H2,1-8H3,(H2,43,47)(H,44,49)(H,45,50)(H,46,48)/b16-11+/t29-,32-,35-/m0/s1. The molecule has 3 aromatic rings. The van der Waals surface area contributed by atoms with Gasteiger partial charge in [0.1, 0.15) is 11.6 Å². The molecule has 4 amide bonds. The molecule has 0 saturated heterocycles. The average Bonchev–Trinajstić information content (AvgIpc) is 3.04. The van der Waals surface area contributed by atoms with Crippen LogP contribution < -0.4 is 21.7 Å². The maximum Gasteiger partial charge on any atom is 0.336 e. The molecular weight excluding hydrogens is 703 g/mol. The van der Waals surface area contributed by atoms with Gasteiger partial charge >= 0.3 is 7.60 Å². The molecular formula is C42H57N4O7P. The Balaban J connectivity index is 1.67. The van der Waals surface area contributed by atoms with Crippen molar-refractivity contribution >= 4 is 42.0 Å². The van der Waals surface area contributed by atoms with E-state index < -0.39 is 54.5 Å². The molecule has 4 rings (SSSR count). The van der Waals surface area contributed by atoms with Gasteiger partial charge in [-0.3, -0.25) is 23.7 Å². The fraction of sp³-hybridized carbons (Fsp3) is 0.476. The number of allylic oxidation sites excluding steroid dienone is 2. The summed E-state index contributed by atoms with van der Waals surface area (Å²) in [5.41, 5.74) is 5.41. The predicted octanol–water partition coefficient (Wildman–Crippen LogP) is 6.83. The number of primary amides is 1. The van der Waals surface area contributed by atoms with Crippen molar-refractivity contribution in [3.8, 4) is 0 Å². The quantitative estimate of drug-likeness (QED) is 0.137. The monoisotopic (exact) mass is 760 g/mol. The van der Waals surface area contributed by atoms with Gasteiger partial charge in [-0.1, -0.05) is 78.9 Å². The third-order valence-electron chi connectivity index (χ3n) is 8.85. The van der Waals surface area contributed by atoms with Gasteiger partial charge in [0.15, 0.2) is 0 Å². The maximum absolute atomic E-state index is 14.0. The van der Waals surface area contributed by atoms with Gasteiger partial charge in [-0.25, -0.2) is 0 Å². The smallest absolute Gasteiger partial charge is 0.336 e. The Labute approximate surface area is 319 Å². The van der Waals surface area contributed by atoms with Crippen LogP contribution in [0.3, 0.4) is 0 Å². The fourth-order valence-corrected chi connectivity index (χ4v) is 9.03. The van der Waals surface area contributed by atoms with Crippen molar-refractivity contribution in [2.75, 3.05) is 6.54 Å². The minimum absolute atomic E-state index is 0.0290. The molecule has 1 heterocycles. The Morgan fingerprint density at radius 3 is 2.17 bits per heavy atom. The highest BCUT2D eigenvalue weighted by molar-refractivity contribution is 7.53. The number of hydrogen-bond acceptors (Lipinski definition) is 7. The molecule has 0 saturated carbocycles. The van der Waals surface area contributed by atoms with Gasteiger partial charge in [-0.15, -0.1) is 0 Å². The van der Waals surface area contributed by atoms with Gasteiger partial charge in [-0.2, -0.15) is 0 Å². The minimum atomic E-state index is -3.55.